The van der Waals surface area contributed by atoms with Gasteiger partial charge in [-0.3, -0.25) is 4.79 Å². The highest BCUT2D eigenvalue weighted by Crippen LogP contribution is 2.40. The predicted octanol–water partition coefficient (Wildman–Crippen LogP) is 2.97. The van der Waals surface area contributed by atoms with Gasteiger partial charge in [-0.05, 0) is 25.0 Å². The third-order valence-electron chi connectivity index (χ3n) is 4.10. The van der Waals surface area contributed by atoms with E-state index in [4.69, 9.17) is 9.68 Å². The van der Waals surface area contributed by atoms with Gasteiger partial charge in [-0.2, -0.15) is 5.26 Å². The van der Waals surface area contributed by atoms with Crippen LogP contribution in [0.3, 0.4) is 0 Å². The number of allylic oxidation sites excluding steroid dienone is 1. The molecule has 3 rings (SSSR count). The van der Waals surface area contributed by atoms with Crippen molar-refractivity contribution in [3.8, 4) is 6.07 Å². The third-order valence-corrected chi connectivity index (χ3v) is 5.05. The Bertz CT molecular complexity index is 789. The molecule has 7 nitrogen and oxygen atoms in total. The third kappa shape index (κ3) is 4.55. The summed E-state index contributed by atoms with van der Waals surface area (Å²) in [5.41, 5.74) is 0. The summed E-state index contributed by atoms with van der Waals surface area (Å²) in [6.07, 6.45) is 5.97. The Labute approximate surface area is 156 Å². The van der Waals surface area contributed by atoms with E-state index in [9.17, 15) is 4.79 Å². The molecule has 0 saturated heterocycles. The topological polar surface area (TPSA) is 88.0 Å². The molecule has 1 amide bonds. The van der Waals surface area contributed by atoms with Crippen LogP contribution in [0.5, 0.6) is 0 Å². The molecule has 2 aromatic rings. The average molecular weight is 371 g/mol. The van der Waals surface area contributed by atoms with Crippen LogP contribution in [0.1, 0.15) is 36.8 Å². The fraction of sp³-hybridized carbons (Fsp3) is 0.444. The lowest BCUT2D eigenvalue weighted by Crippen LogP contribution is -2.32. The van der Waals surface area contributed by atoms with Crippen LogP contribution in [0.25, 0.3) is 0 Å². The summed E-state index contributed by atoms with van der Waals surface area (Å²) in [5.74, 6) is 2.36. The first kappa shape index (κ1) is 18.3. The molecule has 1 aliphatic carbocycles. The van der Waals surface area contributed by atoms with E-state index in [2.05, 4.69) is 22.8 Å². The van der Waals surface area contributed by atoms with Crippen LogP contribution in [0.4, 0.5) is 0 Å². The molecule has 1 saturated carbocycles. The highest BCUT2D eigenvalue weighted by Gasteiger charge is 2.30. The number of furan rings is 1. The largest absolute Gasteiger partial charge is 0.467 e. The Morgan fingerprint density at radius 3 is 3.04 bits per heavy atom. The van der Waals surface area contributed by atoms with Crippen LogP contribution in [-0.2, 0) is 17.9 Å². The summed E-state index contributed by atoms with van der Waals surface area (Å²) >= 11 is 1.37. The van der Waals surface area contributed by atoms with Gasteiger partial charge in [0.25, 0.3) is 0 Å². The molecule has 0 N–H and O–H groups in total. The number of thioether (sulfide) groups is 1. The van der Waals surface area contributed by atoms with Crippen LogP contribution < -0.4 is 0 Å². The summed E-state index contributed by atoms with van der Waals surface area (Å²) in [7, 11) is 0. The molecule has 2 heterocycles. The number of hydrogen-bond donors (Lipinski definition) is 0. The number of carbonyl (C=O) groups is 1. The van der Waals surface area contributed by atoms with E-state index < -0.39 is 0 Å². The van der Waals surface area contributed by atoms with Crippen molar-refractivity contribution >= 4 is 17.7 Å². The quantitative estimate of drug-likeness (QED) is 0.471. The van der Waals surface area contributed by atoms with Crippen LogP contribution in [0, 0.1) is 11.3 Å². The Kier molecular flexibility index (Phi) is 6.12. The number of amides is 1. The summed E-state index contributed by atoms with van der Waals surface area (Å²) < 4.78 is 7.36. The standard InChI is InChI=1S/C18H21N5O2S/c1-2-9-23-17(14-6-7-14)20-21-18(23)26-13-16(24)22(10-4-8-19)12-15-5-3-11-25-15/h2-3,5,11,14H,1,4,6-7,9-10,12-13H2. The van der Waals surface area contributed by atoms with Gasteiger partial charge in [0.05, 0.1) is 31.1 Å². The van der Waals surface area contributed by atoms with Crippen LogP contribution in [-0.4, -0.2) is 37.9 Å². The second-order valence-electron chi connectivity index (χ2n) is 6.11. The summed E-state index contributed by atoms with van der Waals surface area (Å²) in [4.78, 5) is 14.3. The first-order chi connectivity index (χ1) is 12.7. The van der Waals surface area contributed by atoms with E-state index in [0.717, 1.165) is 23.8 Å². The van der Waals surface area contributed by atoms with Gasteiger partial charge in [-0.1, -0.05) is 17.8 Å². The first-order valence-corrected chi connectivity index (χ1v) is 9.55. The first-order valence-electron chi connectivity index (χ1n) is 8.56. The van der Waals surface area contributed by atoms with Crippen molar-refractivity contribution in [3.05, 3.63) is 42.6 Å². The lowest BCUT2D eigenvalue weighted by molar-refractivity contribution is -0.129. The van der Waals surface area contributed by atoms with Gasteiger partial charge in [-0.15, -0.1) is 16.8 Å². The minimum absolute atomic E-state index is 0.0530. The maximum Gasteiger partial charge on any atom is 0.233 e. The van der Waals surface area contributed by atoms with Gasteiger partial charge in [0.15, 0.2) is 5.16 Å². The smallest absolute Gasteiger partial charge is 0.233 e. The van der Waals surface area contributed by atoms with Crippen LogP contribution in [0.15, 0.2) is 40.6 Å². The Hall–Kier alpha value is -2.53. The van der Waals surface area contributed by atoms with Crippen molar-refractivity contribution in [1.82, 2.24) is 19.7 Å². The molecule has 0 spiro atoms. The second kappa shape index (κ2) is 8.72. The van der Waals surface area contributed by atoms with Crippen LogP contribution >= 0.6 is 11.8 Å². The van der Waals surface area contributed by atoms with E-state index in [1.54, 1.807) is 17.2 Å². The number of carbonyl (C=O) groups excluding carboxylic acids is 1. The second-order valence-corrected chi connectivity index (χ2v) is 7.05. The lowest BCUT2D eigenvalue weighted by atomic mass is 10.3. The summed E-state index contributed by atoms with van der Waals surface area (Å²) in [6, 6.07) is 5.69. The van der Waals surface area contributed by atoms with Gasteiger partial charge >= 0.3 is 0 Å². The molecule has 8 heteroatoms. The Morgan fingerprint density at radius 1 is 1.54 bits per heavy atom. The summed E-state index contributed by atoms with van der Waals surface area (Å²) in [6.45, 7) is 5.17. The van der Waals surface area contributed by atoms with E-state index in [0.29, 0.717) is 31.3 Å². The van der Waals surface area contributed by atoms with Crippen molar-refractivity contribution in [2.24, 2.45) is 0 Å². The highest BCUT2D eigenvalue weighted by molar-refractivity contribution is 7.99. The number of rotatable bonds is 10. The highest BCUT2D eigenvalue weighted by atomic mass is 32.2. The van der Waals surface area contributed by atoms with Gasteiger partial charge in [0, 0.05) is 19.0 Å². The van der Waals surface area contributed by atoms with Crippen molar-refractivity contribution in [2.75, 3.05) is 12.3 Å². The Balaban J connectivity index is 1.64. The number of aromatic nitrogens is 3. The predicted molar refractivity (Wildman–Crippen MR) is 97.3 cm³/mol. The zero-order valence-electron chi connectivity index (χ0n) is 14.5. The SMILES string of the molecule is C=CCn1c(SCC(=O)N(CCC#N)Cc2ccco2)nnc1C1CC1. The monoisotopic (exact) mass is 371 g/mol. The van der Waals surface area contributed by atoms with Crippen molar-refractivity contribution in [2.45, 2.75) is 43.4 Å². The van der Waals surface area contributed by atoms with Crippen LogP contribution in [0.2, 0.25) is 0 Å². The minimum atomic E-state index is -0.0530. The molecule has 2 aromatic heterocycles. The van der Waals surface area contributed by atoms with Gasteiger partial charge in [0.2, 0.25) is 5.91 Å². The molecule has 0 unspecified atom stereocenters. The van der Waals surface area contributed by atoms with E-state index in [-0.39, 0.29) is 18.1 Å². The number of nitrogens with zero attached hydrogens (tertiary/aromatic N) is 5. The number of nitriles is 1. The van der Waals surface area contributed by atoms with Gasteiger partial charge in [-0.25, -0.2) is 0 Å². The molecule has 0 bridgehead atoms. The fourth-order valence-electron chi connectivity index (χ4n) is 2.64. The molecular formula is C18H21N5O2S. The molecule has 1 aliphatic rings. The molecular weight excluding hydrogens is 350 g/mol. The zero-order chi connectivity index (χ0) is 18.4. The molecule has 0 aromatic carbocycles. The normalized spacial score (nSPS) is 13.3. The summed E-state index contributed by atoms with van der Waals surface area (Å²) in [5, 5.41) is 18.1. The van der Waals surface area contributed by atoms with E-state index >= 15 is 0 Å². The van der Waals surface area contributed by atoms with Gasteiger partial charge in [0.1, 0.15) is 11.6 Å². The fourth-order valence-corrected chi connectivity index (χ4v) is 3.49. The van der Waals surface area contributed by atoms with Gasteiger partial charge < -0.3 is 13.9 Å². The zero-order valence-corrected chi connectivity index (χ0v) is 15.3. The lowest BCUT2D eigenvalue weighted by Gasteiger charge is -2.20. The Morgan fingerprint density at radius 2 is 2.38 bits per heavy atom. The van der Waals surface area contributed by atoms with Crippen molar-refractivity contribution in [1.29, 1.82) is 5.26 Å². The number of hydrogen-bond acceptors (Lipinski definition) is 6. The maximum absolute atomic E-state index is 12.6. The van der Waals surface area contributed by atoms with Crippen molar-refractivity contribution < 1.29 is 9.21 Å². The molecule has 1 fully saturated rings. The molecule has 0 atom stereocenters. The maximum atomic E-state index is 12.6. The molecule has 0 aliphatic heterocycles. The van der Waals surface area contributed by atoms with Crippen molar-refractivity contribution in [3.63, 3.8) is 0 Å². The minimum Gasteiger partial charge on any atom is -0.467 e. The molecule has 136 valence electrons. The average Bonchev–Trinajstić information content (AvgIpc) is 3.21. The molecule has 26 heavy (non-hydrogen) atoms. The van der Waals surface area contributed by atoms with E-state index in [1.165, 1.54) is 11.8 Å². The van der Waals surface area contributed by atoms with E-state index in [1.807, 2.05) is 16.7 Å². The molecule has 0 radical (unpaired) electrons.